The maximum absolute atomic E-state index is 11.6. The molecule has 1 N–H and O–H groups in total. The molecule has 0 saturated heterocycles. The van der Waals surface area contributed by atoms with Crippen LogP contribution in [0.4, 0.5) is 0 Å². The molecule has 0 aliphatic rings. The van der Waals surface area contributed by atoms with E-state index in [0.717, 1.165) is 10.0 Å². The summed E-state index contributed by atoms with van der Waals surface area (Å²) < 4.78 is 0.987. The zero-order valence-electron chi connectivity index (χ0n) is 8.31. The Morgan fingerprint density at radius 1 is 1.60 bits per heavy atom. The summed E-state index contributed by atoms with van der Waals surface area (Å²) in [5, 5.41) is 3.07. The van der Waals surface area contributed by atoms with Gasteiger partial charge in [0.25, 0.3) is 5.91 Å². The Labute approximate surface area is 102 Å². The highest BCUT2D eigenvalue weighted by atomic mass is 79.9. The molecule has 0 unspecified atom stereocenters. The lowest BCUT2D eigenvalue weighted by molar-refractivity contribution is 0.0957. The van der Waals surface area contributed by atoms with E-state index < -0.39 is 0 Å². The smallest absolute Gasteiger partial charge is 0.251 e. The maximum atomic E-state index is 11.6. The van der Waals surface area contributed by atoms with Gasteiger partial charge >= 0.3 is 0 Å². The predicted molar refractivity (Wildman–Crippen MR) is 66.2 cm³/mol. The van der Waals surface area contributed by atoms with Crippen molar-refractivity contribution in [3.8, 4) is 0 Å². The third-order valence-corrected chi connectivity index (χ3v) is 2.88. The Kier molecular flexibility index (Phi) is 4.36. The van der Waals surface area contributed by atoms with Crippen molar-refractivity contribution in [3.05, 3.63) is 45.4 Å². The van der Waals surface area contributed by atoms with Crippen LogP contribution in [0.1, 0.15) is 15.9 Å². The average Bonchev–Trinajstić information content (AvgIpc) is 2.18. The SMILES string of the molecule is C=C(Cl)CNC(=O)c1ccc(Br)c(C)c1. The molecule has 80 valence electrons. The van der Waals surface area contributed by atoms with Gasteiger partial charge < -0.3 is 5.32 Å². The first-order valence-electron chi connectivity index (χ1n) is 4.38. The lowest BCUT2D eigenvalue weighted by Gasteiger charge is -2.05. The summed E-state index contributed by atoms with van der Waals surface area (Å²) in [7, 11) is 0. The first-order valence-corrected chi connectivity index (χ1v) is 5.55. The van der Waals surface area contributed by atoms with Gasteiger partial charge in [-0.25, -0.2) is 0 Å². The van der Waals surface area contributed by atoms with Crippen LogP contribution in [-0.4, -0.2) is 12.5 Å². The summed E-state index contributed by atoms with van der Waals surface area (Å²) in [5.74, 6) is -0.146. The zero-order chi connectivity index (χ0) is 11.4. The first kappa shape index (κ1) is 12.3. The summed E-state index contributed by atoms with van der Waals surface area (Å²) in [4.78, 5) is 11.6. The molecule has 0 aliphatic carbocycles. The molecule has 1 aromatic carbocycles. The second-order valence-electron chi connectivity index (χ2n) is 3.16. The predicted octanol–water partition coefficient (Wildman–Crippen LogP) is 3.24. The molecule has 2 nitrogen and oxygen atoms in total. The van der Waals surface area contributed by atoms with E-state index in [2.05, 4.69) is 27.8 Å². The van der Waals surface area contributed by atoms with E-state index in [1.807, 2.05) is 19.1 Å². The highest BCUT2D eigenvalue weighted by Crippen LogP contribution is 2.16. The number of hydrogen-bond acceptors (Lipinski definition) is 1. The minimum atomic E-state index is -0.146. The van der Waals surface area contributed by atoms with Gasteiger partial charge in [0, 0.05) is 15.1 Å². The molecule has 0 heterocycles. The number of amides is 1. The van der Waals surface area contributed by atoms with Gasteiger partial charge in [-0.3, -0.25) is 4.79 Å². The van der Waals surface area contributed by atoms with Crippen LogP contribution < -0.4 is 5.32 Å². The zero-order valence-corrected chi connectivity index (χ0v) is 10.7. The Morgan fingerprint density at radius 3 is 2.80 bits per heavy atom. The molecule has 0 aromatic heterocycles. The quantitative estimate of drug-likeness (QED) is 0.909. The molecule has 0 radical (unpaired) electrons. The van der Waals surface area contributed by atoms with E-state index in [-0.39, 0.29) is 12.5 Å². The number of nitrogens with one attached hydrogen (secondary N) is 1. The number of benzene rings is 1. The molecule has 1 aromatic rings. The first-order chi connectivity index (χ1) is 7.00. The molecule has 1 amide bonds. The van der Waals surface area contributed by atoms with E-state index in [1.54, 1.807) is 6.07 Å². The molecular formula is C11H11BrClNO. The van der Waals surface area contributed by atoms with Crippen molar-refractivity contribution < 1.29 is 4.79 Å². The van der Waals surface area contributed by atoms with Gasteiger partial charge in [0.05, 0.1) is 6.54 Å². The average molecular weight is 289 g/mol. The minimum absolute atomic E-state index is 0.146. The summed E-state index contributed by atoms with van der Waals surface area (Å²) in [6.07, 6.45) is 0. The summed E-state index contributed by atoms with van der Waals surface area (Å²) in [6.45, 7) is 5.71. The second kappa shape index (κ2) is 5.33. The van der Waals surface area contributed by atoms with E-state index in [9.17, 15) is 4.79 Å². The van der Waals surface area contributed by atoms with Gasteiger partial charge in [0.1, 0.15) is 0 Å². The van der Waals surface area contributed by atoms with Gasteiger partial charge in [-0.15, -0.1) is 0 Å². The lowest BCUT2D eigenvalue weighted by Crippen LogP contribution is -2.24. The third-order valence-electron chi connectivity index (χ3n) is 1.86. The Morgan fingerprint density at radius 2 is 2.27 bits per heavy atom. The van der Waals surface area contributed by atoms with Crippen LogP contribution in [0.5, 0.6) is 0 Å². The fourth-order valence-corrected chi connectivity index (χ4v) is 1.38. The van der Waals surface area contributed by atoms with Crippen LogP contribution in [0.2, 0.25) is 0 Å². The van der Waals surface area contributed by atoms with E-state index in [4.69, 9.17) is 11.6 Å². The van der Waals surface area contributed by atoms with Crippen molar-refractivity contribution in [2.75, 3.05) is 6.54 Å². The van der Waals surface area contributed by atoms with Gasteiger partial charge in [-0.2, -0.15) is 0 Å². The fraction of sp³-hybridized carbons (Fsp3) is 0.182. The number of carbonyl (C=O) groups excluding carboxylic acids is 1. The molecule has 0 bridgehead atoms. The van der Waals surface area contributed by atoms with Crippen LogP contribution in [-0.2, 0) is 0 Å². The van der Waals surface area contributed by atoms with Crippen molar-refractivity contribution >= 4 is 33.4 Å². The van der Waals surface area contributed by atoms with E-state index in [1.165, 1.54) is 0 Å². The normalized spacial score (nSPS) is 9.80. The molecule has 15 heavy (non-hydrogen) atoms. The molecule has 1 rings (SSSR count). The van der Waals surface area contributed by atoms with Crippen LogP contribution in [0.3, 0.4) is 0 Å². The lowest BCUT2D eigenvalue weighted by atomic mass is 10.1. The summed E-state index contributed by atoms with van der Waals surface area (Å²) in [5.41, 5.74) is 1.64. The van der Waals surface area contributed by atoms with Gasteiger partial charge in [0.2, 0.25) is 0 Å². The number of hydrogen-bond donors (Lipinski definition) is 1. The molecular weight excluding hydrogens is 277 g/mol. The fourth-order valence-electron chi connectivity index (χ4n) is 1.06. The van der Waals surface area contributed by atoms with Crippen LogP contribution in [0.25, 0.3) is 0 Å². The van der Waals surface area contributed by atoms with Crippen molar-refractivity contribution in [2.24, 2.45) is 0 Å². The monoisotopic (exact) mass is 287 g/mol. The maximum Gasteiger partial charge on any atom is 0.251 e. The summed E-state index contributed by atoms with van der Waals surface area (Å²) in [6, 6.07) is 5.42. The largest absolute Gasteiger partial charge is 0.347 e. The van der Waals surface area contributed by atoms with Crippen LogP contribution >= 0.6 is 27.5 Å². The third kappa shape index (κ3) is 3.68. The van der Waals surface area contributed by atoms with Crippen molar-refractivity contribution in [3.63, 3.8) is 0 Å². The van der Waals surface area contributed by atoms with Crippen molar-refractivity contribution in [1.29, 1.82) is 0 Å². The molecule has 0 atom stereocenters. The van der Waals surface area contributed by atoms with Crippen molar-refractivity contribution in [1.82, 2.24) is 5.32 Å². The van der Waals surface area contributed by atoms with Crippen LogP contribution in [0, 0.1) is 6.92 Å². The van der Waals surface area contributed by atoms with E-state index >= 15 is 0 Å². The van der Waals surface area contributed by atoms with Crippen molar-refractivity contribution in [2.45, 2.75) is 6.92 Å². The highest BCUT2D eigenvalue weighted by molar-refractivity contribution is 9.10. The second-order valence-corrected chi connectivity index (χ2v) is 4.55. The standard InChI is InChI=1S/C11H11BrClNO/c1-7-5-9(3-4-10(7)12)11(15)14-6-8(2)13/h3-5H,2,6H2,1H3,(H,14,15). The molecule has 0 aliphatic heterocycles. The molecule has 0 fully saturated rings. The highest BCUT2D eigenvalue weighted by Gasteiger charge is 2.06. The number of halogens is 2. The van der Waals surface area contributed by atoms with Gasteiger partial charge in [0.15, 0.2) is 0 Å². The Hall–Kier alpha value is -0.800. The molecule has 0 spiro atoms. The number of aryl methyl sites for hydroxylation is 1. The Balaban J connectivity index is 2.74. The molecule has 4 heteroatoms. The van der Waals surface area contributed by atoms with Crippen LogP contribution in [0.15, 0.2) is 34.3 Å². The Bertz CT molecular complexity index is 404. The van der Waals surface area contributed by atoms with Gasteiger partial charge in [-0.1, -0.05) is 34.1 Å². The topological polar surface area (TPSA) is 29.1 Å². The minimum Gasteiger partial charge on any atom is -0.347 e. The van der Waals surface area contributed by atoms with Gasteiger partial charge in [-0.05, 0) is 30.7 Å². The number of carbonyl (C=O) groups is 1. The number of rotatable bonds is 3. The molecule has 0 saturated carbocycles. The van der Waals surface area contributed by atoms with E-state index in [0.29, 0.717) is 10.6 Å². The summed E-state index contributed by atoms with van der Waals surface area (Å²) >= 11 is 8.92.